The van der Waals surface area contributed by atoms with Gasteiger partial charge in [0.15, 0.2) is 0 Å². The maximum absolute atomic E-state index is 11.2. The van der Waals surface area contributed by atoms with Crippen molar-refractivity contribution in [2.75, 3.05) is 13.2 Å². The van der Waals surface area contributed by atoms with Crippen molar-refractivity contribution in [3.05, 3.63) is 12.2 Å². The van der Waals surface area contributed by atoms with Crippen LogP contribution in [0.5, 0.6) is 0 Å². The van der Waals surface area contributed by atoms with Crippen LogP contribution >= 0.6 is 0 Å². The molecule has 0 aliphatic heterocycles. The van der Waals surface area contributed by atoms with E-state index in [1.165, 1.54) is 64.2 Å². The van der Waals surface area contributed by atoms with Crippen LogP contribution in [0.15, 0.2) is 12.2 Å². The molecule has 0 unspecified atom stereocenters. The van der Waals surface area contributed by atoms with Gasteiger partial charge in [-0.1, -0.05) is 77.4 Å². The van der Waals surface area contributed by atoms with E-state index in [4.69, 9.17) is 9.47 Å². The maximum atomic E-state index is 11.2. The van der Waals surface area contributed by atoms with E-state index in [9.17, 15) is 4.79 Å². The predicted octanol–water partition coefficient (Wildman–Crippen LogP) is 7.20. The second-order valence-electron chi connectivity index (χ2n) is 6.53. The molecule has 0 radical (unpaired) electrons. The highest BCUT2D eigenvalue weighted by atomic mass is 16.7. The summed E-state index contributed by atoms with van der Waals surface area (Å²) in [6, 6.07) is 0. The van der Waals surface area contributed by atoms with Gasteiger partial charge < -0.3 is 9.47 Å². The van der Waals surface area contributed by atoms with Crippen LogP contribution < -0.4 is 0 Å². The van der Waals surface area contributed by atoms with E-state index < -0.39 is 6.16 Å². The van der Waals surface area contributed by atoms with E-state index in [0.29, 0.717) is 13.2 Å². The van der Waals surface area contributed by atoms with Crippen molar-refractivity contribution in [3.8, 4) is 0 Å². The van der Waals surface area contributed by atoms with Crippen LogP contribution in [0.25, 0.3) is 0 Å². The molecule has 0 atom stereocenters. The van der Waals surface area contributed by atoms with Crippen LogP contribution in [0, 0.1) is 0 Å². The summed E-state index contributed by atoms with van der Waals surface area (Å²) in [5.74, 6) is 0. The second kappa shape index (κ2) is 20.1. The molecule has 0 fully saturated rings. The van der Waals surface area contributed by atoms with E-state index in [0.717, 1.165) is 25.7 Å². The molecule has 0 saturated carbocycles. The fraction of sp³-hybridized carbons (Fsp3) is 0.857. The fourth-order valence-electron chi connectivity index (χ4n) is 2.49. The normalized spacial score (nSPS) is 11.1. The van der Waals surface area contributed by atoms with Gasteiger partial charge in [-0.15, -0.1) is 0 Å². The van der Waals surface area contributed by atoms with E-state index in [-0.39, 0.29) is 0 Å². The zero-order valence-electron chi connectivity index (χ0n) is 16.2. The average molecular weight is 341 g/mol. The number of carbonyl (C=O) groups excluding carboxylic acids is 1. The Hall–Kier alpha value is -0.990. The Morgan fingerprint density at radius 2 is 1.08 bits per heavy atom. The van der Waals surface area contributed by atoms with Gasteiger partial charge in [0.1, 0.15) is 0 Å². The van der Waals surface area contributed by atoms with Gasteiger partial charge in [0.05, 0.1) is 13.2 Å². The van der Waals surface area contributed by atoms with Gasteiger partial charge in [0.2, 0.25) is 0 Å². The lowest BCUT2D eigenvalue weighted by Crippen LogP contribution is -2.09. The first-order valence-corrected chi connectivity index (χ1v) is 10.3. The molecule has 0 aromatic rings. The molecule has 0 saturated heterocycles. The highest BCUT2D eigenvalue weighted by molar-refractivity contribution is 5.59. The van der Waals surface area contributed by atoms with Crippen molar-refractivity contribution in [1.29, 1.82) is 0 Å². The Kier molecular flexibility index (Phi) is 19.2. The summed E-state index contributed by atoms with van der Waals surface area (Å²) in [5, 5.41) is 0. The van der Waals surface area contributed by atoms with Crippen molar-refractivity contribution >= 4 is 6.16 Å². The lowest BCUT2D eigenvalue weighted by Gasteiger charge is -2.05. The quantitative estimate of drug-likeness (QED) is 0.159. The monoisotopic (exact) mass is 340 g/mol. The van der Waals surface area contributed by atoms with Crippen molar-refractivity contribution in [2.24, 2.45) is 0 Å². The zero-order valence-corrected chi connectivity index (χ0v) is 16.2. The van der Waals surface area contributed by atoms with Gasteiger partial charge in [0, 0.05) is 0 Å². The van der Waals surface area contributed by atoms with Crippen LogP contribution in [0.4, 0.5) is 4.79 Å². The first-order chi connectivity index (χ1) is 11.8. The molecule has 3 heteroatoms. The van der Waals surface area contributed by atoms with Crippen LogP contribution in [0.1, 0.15) is 104 Å². The summed E-state index contributed by atoms with van der Waals surface area (Å²) in [7, 11) is 0. The third kappa shape index (κ3) is 19.1. The molecule has 0 bridgehead atoms. The van der Waals surface area contributed by atoms with Gasteiger partial charge in [-0.25, -0.2) is 4.79 Å². The Bertz CT molecular complexity index is 287. The van der Waals surface area contributed by atoms with E-state index in [1.54, 1.807) is 0 Å². The summed E-state index contributed by atoms with van der Waals surface area (Å²) in [6.45, 7) is 5.29. The average Bonchev–Trinajstić information content (AvgIpc) is 2.58. The van der Waals surface area contributed by atoms with Crippen LogP contribution in [-0.4, -0.2) is 19.4 Å². The second-order valence-corrected chi connectivity index (χ2v) is 6.53. The molecule has 0 aliphatic rings. The number of hydrogen-bond acceptors (Lipinski definition) is 3. The topological polar surface area (TPSA) is 35.5 Å². The molecule has 24 heavy (non-hydrogen) atoms. The largest absolute Gasteiger partial charge is 0.508 e. The molecule has 142 valence electrons. The maximum Gasteiger partial charge on any atom is 0.508 e. The van der Waals surface area contributed by atoms with Crippen molar-refractivity contribution in [3.63, 3.8) is 0 Å². The Morgan fingerprint density at radius 1 is 0.625 bits per heavy atom. The van der Waals surface area contributed by atoms with E-state index >= 15 is 0 Å². The number of rotatable bonds is 17. The van der Waals surface area contributed by atoms with Crippen LogP contribution in [-0.2, 0) is 9.47 Å². The lowest BCUT2D eigenvalue weighted by atomic mass is 10.1. The van der Waals surface area contributed by atoms with Gasteiger partial charge in [-0.3, -0.25) is 0 Å². The molecule has 0 N–H and O–H groups in total. The van der Waals surface area contributed by atoms with Gasteiger partial charge in [-0.05, 0) is 38.5 Å². The summed E-state index contributed by atoms with van der Waals surface area (Å²) < 4.78 is 9.96. The van der Waals surface area contributed by atoms with E-state index in [2.05, 4.69) is 26.0 Å². The van der Waals surface area contributed by atoms with Crippen molar-refractivity contribution in [2.45, 2.75) is 104 Å². The molecular weight excluding hydrogens is 300 g/mol. The minimum Gasteiger partial charge on any atom is -0.434 e. The molecule has 0 amide bonds. The minimum absolute atomic E-state index is 0.475. The van der Waals surface area contributed by atoms with Crippen molar-refractivity contribution < 1.29 is 14.3 Å². The SMILES string of the molecule is CCCCCC/C=C\CCCCCCCCOC(=O)OCCCC. The van der Waals surface area contributed by atoms with Gasteiger partial charge in [0.25, 0.3) is 0 Å². The van der Waals surface area contributed by atoms with Gasteiger partial charge in [-0.2, -0.15) is 0 Å². The molecule has 3 nitrogen and oxygen atoms in total. The molecule has 0 rings (SSSR count). The summed E-state index contributed by atoms with van der Waals surface area (Å²) >= 11 is 0. The smallest absolute Gasteiger partial charge is 0.434 e. The van der Waals surface area contributed by atoms with Crippen LogP contribution in [0.3, 0.4) is 0 Å². The Balaban J connectivity index is 3.14. The third-order valence-corrected chi connectivity index (χ3v) is 4.09. The van der Waals surface area contributed by atoms with E-state index in [1.807, 2.05) is 0 Å². The molecule has 0 aromatic heterocycles. The Morgan fingerprint density at radius 3 is 1.67 bits per heavy atom. The molecule has 0 aliphatic carbocycles. The Labute approximate surface area is 150 Å². The number of carbonyl (C=O) groups is 1. The third-order valence-electron chi connectivity index (χ3n) is 4.09. The number of unbranched alkanes of at least 4 members (excludes halogenated alkanes) is 11. The zero-order chi connectivity index (χ0) is 17.7. The number of hydrogen-bond donors (Lipinski definition) is 0. The van der Waals surface area contributed by atoms with Crippen LogP contribution in [0.2, 0.25) is 0 Å². The minimum atomic E-state index is -0.509. The lowest BCUT2D eigenvalue weighted by molar-refractivity contribution is 0.0532. The predicted molar refractivity (Wildman–Crippen MR) is 102 cm³/mol. The number of allylic oxidation sites excluding steroid dienone is 2. The highest BCUT2D eigenvalue weighted by Gasteiger charge is 2.02. The standard InChI is InChI=1S/C21H40O3/c1-3-5-7-8-9-10-11-12-13-14-15-16-17-18-20-24-21(22)23-19-6-4-2/h10-11H,3-9,12-20H2,1-2H3/b11-10-. The first kappa shape index (κ1) is 23.0. The summed E-state index contributed by atoms with van der Waals surface area (Å²) in [6.07, 6.45) is 21.2. The summed E-state index contributed by atoms with van der Waals surface area (Å²) in [5.41, 5.74) is 0. The summed E-state index contributed by atoms with van der Waals surface area (Å²) in [4.78, 5) is 11.2. The fourth-order valence-corrected chi connectivity index (χ4v) is 2.49. The van der Waals surface area contributed by atoms with Gasteiger partial charge >= 0.3 is 6.16 Å². The molecule has 0 spiro atoms. The molecule has 0 heterocycles. The van der Waals surface area contributed by atoms with Crippen molar-refractivity contribution in [1.82, 2.24) is 0 Å². The molecule has 0 aromatic carbocycles. The molecular formula is C21H40O3. The highest BCUT2D eigenvalue weighted by Crippen LogP contribution is 2.09. The number of ether oxygens (including phenoxy) is 2. The first-order valence-electron chi connectivity index (χ1n) is 10.3.